The third-order valence-electron chi connectivity index (χ3n) is 5.52. The fourth-order valence-electron chi connectivity index (χ4n) is 4.00. The van der Waals surface area contributed by atoms with Crippen LogP contribution in [0, 0.1) is 5.92 Å². The van der Waals surface area contributed by atoms with Gasteiger partial charge in [0, 0.05) is 25.7 Å². The molecule has 1 saturated carbocycles. The number of nitrogens with zero attached hydrogens (tertiary/aromatic N) is 3. The summed E-state index contributed by atoms with van der Waals surface area (Å²) in [5.74, 6) is 0.642. The Hall–Kier alpha value is -2.14. The van der Waals surface area contributed by atoms with E-state index in [0.29, 0.717) is 12.5 Å². The zero-order valence-electron chi connectivity index (χ0n) is 14.8. The first kappa shape index (κ1) is 16.3. The van der Waals surface area contributed by atoms with Crippen molar-refractivity contribution in [2.75, 3.05) is 19.6 Å². The Kier molecular flexibility index (Phi) is 4.57. The molecule has 0 bridgehead atoms. The van der Waals surface area contributed by atoms with Gasteiger partial charge in [0.05, 0.1) is 12.2 Å². The monoisotopic (exact) mass is 338 g/mol. The number of hydrogen-bond donors (Lipinski definition) is 1. The average molecular weight is 338 g/mol. The fourth-order valence-corrected chi connectivity index (χ4v) is 4.00. The Labute approximate surface area is 149 Å². The minimum absolute atomic E-state index is 0.110. The number of likely N-dealkylation sites (tertiary alicyclic amines) is 1. The van der Waals surface area contributed by atoms with Crippen molar-refractivity contribution in [3.63, 3.8) is 0 Å². The molecule has 2 heterocycles. The molecule has 1 aromatic heterocycles. The first-order valence-corrected chi connectivity index (χ1v) is 9.27. The van der Waals surface area contributed by atoms with Crippen LogP contribution in [0.3, 0.4) is 0 Å². The van der Waals surface area contributed by atoms with Gasteiger partial charge >= 0.3 is 0 Å². The molecule has 2 aromatic rings. The Morgan fingerprint density at radius 3 is 2.72 bits per heavy atom. The standard InChI is InChI=1S/C20H26N4O/c1-23-14-16(12-22-23)17-11-18(17)20(25)21-13-19(24-9-5-6-10-24)15-7-3-2-4-8-15/h2-4,7-8,12,14,17-19H,5-6,9-11,13H2,1H3,(H,21,25)/t17-,18-,19+/m0/s1. The van der Waals surface area contributed by atoms with Crippen molar-refractivity contribution in [1.29, 1.82) is 0 Å². The molecule has 2 aliphatic rings. The molecular formula is C20H26N4O. The van der Waals surface area contributed by atoms with Crippen molar-refractivity contribution in [3.05, 3.63) is 53.9 Å². The summed E-state index contributed by atoms with van der Waals surface area (Å²) < 4.78 is 1.81. The van der Waals surface area contributed by atoms with E-state index in [9.17, 15) is 4.79 Å². The van der Waals surface area contributed by atoms with E-state index in [1.165, 1.54) is 24.0 Å². The van der Waals surface area contributed by atoms with E-state index in [0.717, 1.165) is 19.5 Å². The van der Waals surface area contributed by atoms with Gasteiger partial charge < -0.3 is 5.32 Å². The number of benzene rings is 1. The van der Waals surface area contributed by atoms with Crippen LogP contribution in [0.25, 0.3) is 0 Å². The van der Waals surface area contributed by atoms with E-state index >= 15 is 0 Å². The number of aromatic nitrogens is 2. The molecule has 0 radical (unpaired) electrons. The van der Waals surface area contributed by atoms with E-state index in [-0.39, 0.29) is 17.9 Å². The maximum atomic E-state index is 12.6. The minimum atomic E-state index is 0.110. The highest BCUT2D eigenvalue weighted by Gasteiger charge is 2.44. The second-order valence-corrected chi connectivity index (χ2v) is 7.31. The molecule has 4 rings (SSSR count). The Morgan fingerprint density at radius 2 is 2.04 bits per heavy atom. The van der Waals surface area contributed by atoms with Crippen molar-refractivity contribution in [3.8, 4) is 0 Å². The van der Waals surface area contributed by atoms with Gasteiger partial charge in [0.1, 0.15) is 0 Å². The molecule has 1 saturated heterocycles. The molecular weight excluding hydrogens is 312 g/mol. The summed E-state index contributed by atoms with van der Waals surface area (Å²) in [6, 6.07) is 10.8. The smallest absolute Gasteiger partial charge is 0.223 e. The largest absolute Gasteiger partial charge is 0.354 e. The average Bonchev–Trinajstić information content (AvgIpc) is 3.02. The molecule has 1 amide bonds. The summed E-state index contributed by atoms with van der Waals surface area (Å²) in [6.45, 7) is 2.94. The summed E-state index contributed by atoms with van der Waals surface area (Å²) >= 11 is 0. The van der Waals surface area contributed by atoms with Gasteiger partial charge in [-0.3, -0.25) is 14.4 Å². The summed E-state index contributed by atoms with van der Waals surface area (Å²) in [5.41, 5.74) is 2.48. The topological polar surface area (TPSA) is 50.2 Å². The van der Waals surface area contributed by atoms with Gasteiger partial charge in [-0.15, -0.1) is 0 Å². The van der Waals surface area contributed by atoms with Crippen molar-refractivity contribution in [2.45, 2.75) is 31.2 Å². The molecule has 2 fully saturated rings. The van der Waals surface area contributed by atoms with Crippen molar-refractivity contribution in [1.82, 2.24) is 20.0 Å². The van der Waals surface area contributed by atoms with Gasteiger partial charge in [-0.05, 0) is 49.4 Å². The van der Waals surface area contributed by atoms with E-state index < -0.39 is 0 Å². The van der Waals surface area contributed by atoms with Gasteiger partial charge in [-0.25, -0.2) is 0 Å². The Balaban J connectivity index is 1.37. The molecule has 1 aliphatic carbocycles. The Bertz CT molecular complexity index is 720. The van der Waals surface area contributed by atoms with Gasteiger partial charge in [0.25, 0.3) is 0 Å². The van der Waals surface area contributed by atoms with E-state index in [4.69, 9.17) is 0 Å². The minimum Gasteiger partial charge on any atom is -0.354 e. The molecule has 132 valence electrons. The lowest BCUT2D eigenvalue weighted by Gasteiger charge is -2.28. The van der Waals surface area contributed by atoms with Crippen LogP contribution in [0.4, 0.5) is 0 Å². The number of amides is 1. The lowest BCUT2D eigenvalue weighted by atomic mass is 10.1. The third-order valence-corrected chi connectivity index (χ3v) is 5.52. The number of aryl methyl sites for hydroxylation is 1. The van der Waals surface area contributed by atoms with Gasteiger partial charge in [-0.1, -0.05) is 30.3 Å². The lowest BCUT2D eigenvalue weighted by molar-refractivity contribution is -0.122. The van der Waals surface area contributed by atoms with Crippen LogP contribution in [0.5, 0.6) is 0 Å². The van der Waals surface area contributed by atoms with Crippen molar-refractivity contribution < 1.29 is 4.79 Å². The van der Waals surface area contributed by atoms with Crippen molar-refractivity contribution >= 4 is 5.91 Å². The van der Waals surface area contributed by atoms with Crippen LogP contribution >= 0.6 is 0 Å². The Morgan fingerprint density at radius 1 is 1.28 bits per heavy atom. The van der Waals surface area contributed by atoms with Gasteiger partial charge in [0.15, 0.2) is 0 Å². The van der Waals surface area contributed by atoms with Crippen LogP contribution in [-0.4, -0.2) is 40.2 Å². The molecule has 1 aromatic carbocycles. The number of carbonyl (C=O) groups excluding carboxylic acids is 1. The predicted molar refractivity (Wildman–Crippen MR) is 97.1 cm³/mol. The highest BCUT2D eigenvalue weighted by atomic mass is 16.2. The lowest BCUT2D eigenvalue weighted by Crippen LogP contribution is -2.37. The number of rotatable bonds is 6. The summed E-state index contributed by atoms with van der Waals surface area (Å²) in [7, 11) is 1.92. The zero-order chi connectivity index (χ0) is 17.2. The SMILES string of the molecule is Cn1cc([C@@H]2C[C@@H]2C(=O)NC[C@H](c2ccccc2)N2CCCC2)cn1. The first-order valence-electron chi connectivity index (χ1n) is 9.27. The van der Waals surface area contributed by atoms with Crippen molar-refractivity contribution in [2.24, 2.45) is 13.0 Å². The molecule has 1 aliphatic heterocycles. The van der Waals surface area contributed by atoms with Crippen LogP contribution in [0.1, 0.15) is 42.3 Å². The van der Waals surface area contributed by atoms with E-state index in [1.807, 2.05) is 25.5 Å². The van der Waals surface area contributed by atoms with Crippen LogP contribution in [0.2, 0.25) is 0 Å². The predicted octanol–water partition coefficient (Wildman–Crippen LogP) is 2.48. The normalized spacial score (nSPS) is 24.2. The summed E-state index contributed by atoms with van der Waals surface area (Å²) in [5, 5.41) is 7.43. The number of carbonyl (C=O) groups is 1. The fraction of sp³-hybridized carbons (Fsp3) is 0.500. The number of hydrogen-bond acceptors (Lipinski definition) is 3. The van der Waals surface area contributed by atoms with E-state index in [2.05, 4.69) is 39.6 Å². The van der Waals surface area contributed by atoms with Gasteiger partial charge in [0.2, 0.25) is 5.91 Å². The molecule has 0 unspecified atom stereocenters. The summed E-state index contributed by atoms with van der Waals surface area (Å²) in [4.78, 5) is 15.1. The molecule has 3 atom stereocenters. The van der Waals surface area contributed by atoms with Crippen LogP contribution in [-0.2, 0) is 11.8 Å². The highest BCUT2D eigenvalue weighted by Crippen LogP contribution is 2.47. The molecule has 1 N–H and O–H groups in total. The quantitative estimate of drug-likeness (QED) is 0.880. The van der Waals surface area contributed by atoms with Crippen LogP contribution < -0.4 is 5.32 Å². The van der Waals surface area contributed by atoms with Crippen LogP contribution in [0.15, 0.2) is 42.7 Å². The third kappa shape index (κ3) is 3.61. The second-order valence-electron chi connectivity index (χ2n) is 7.31. The molecule has 25 heavy (non-hydrogen) atoms. The first-order chi connectivity index (χ1) is 12.2. The maximum Gasteiger partial charge on any atom is 0.223 e. The molecule has 0 spiro atoms. The van der Waals surface area contributed by atoms with E-state index in [1.54, 1.807) is 4.68 Å². The maximum absolute atomic E-state index is 12.6. The highest BCUT2D eigenvalue weighted by molar-refractivity contribution is 5.82. The second kappa shape index (κ2) is 7.00. The zero-order valence-corrected chi connectivity index (χ0v) is 14.8. The molecule has 5 heteroatoms. The number of nitrogens with one attached hydrogen (secondary N) is 1. The summed E-state index contributed by atoms with van der Waals surface area (Å²) in [6.07, 6.45) is 7.35. The van der Waals surface area contributed by atoms with Gasteiger partial charge in [-0.2, -0.15) is 5.10 Å². The molecule has 5 nitrogen and oxygen atoms in total.